The molecule has 2 amide bonds. The average Bonchev–Trinajstić information content (AvgIpc) is 3.02. The quantitative estimate of drug-likeness (QED) is 0.238. The lowest BCUT2D eigenvalue weighted by molar-refractivity contribution is 0.0712. The van der Waals surface area contributed by atoms with Crippen LogP contribution in [0.2, 0.25) is 0 Å². The monoisotopic (exact) mass is 562 g/mol. The third kappa shape index (κ3) is 6.79. The normalized spacial score (nSPS) is 13.6. The molecule has 0 bridgehead atoms. The van der Waals surface area contributed by atoms with E-state index < -0.39 is 0 Å². The molecule has 3 aromatic carbocycles. The number of carbonyl (C=O) groups excluding carboxylic acids is 2. The van der Waals surface area contributed by atoms with Crippen LogP contribution in [0.25, 0.3) is 11.1 Å². The Morgan fingerprint density at radius 2 is 1.64 bits per heavy atom. The van der Waals surface area contributed by atoms with Crippen molar-refractivity contribution >= 4 is 23.3 Å². The molecule has 4 aromatic rings. The van der Waals surface area contributed by atoms with Gasteiger partial charge in [-0.2, -0.15) is 0 Å². The van der Waals surface area contributed by atoms with Crippen LogP contribution >= 0.6 is 0 Å². The van der Waals surface area contributed by atoms with E-state index in [0.717, 1.165) is 41.1 Å². The van der Waals surface area contributed by atoms with E-state index in [9.17, 15) is 9.59 Å². The Kier molecular flexibility index (Phi) is 8.86. The highest BCUT2D eigenvalue weighted by atomic mass is 16.5. The molecular weight excluding hydrogens is 524 g/mol. The van der Waals surface area contributed by atoms with Gasteiger partial charge in [-0.1, -0.05) is 42.5 Å². The Hall–Kier alpha value is -4.65. The zero-order chi connectivity index (χ0) is 29.6. The molecule has 1 aliphatic heterocycles. The van der Waals surface area contributed by atoms with Crippen LogP contribution in [-0.4, -0.2) is 47.9 Å². The number of aryl methyl sites for hydroxylation is 1. The lowest BCUT2D eigenvalue weighted by atomic mass is 9.88. The minimum absolute atomic E-state index is 0.0110. The minimum Gasteiger partial charge on any atom is -0.497 e. The van der Waals surface area contributed by atoms with E-state index in [2.05, 4.69) is 45.9 Å². The van der Waals surface area contributed by atoms with E-state index in [1.54, 1.807) is 31.5 Å². The average molecular weight is 563 g/mol. The molecule has 0 saturated carbocycles. The molecule has 0 aliphatic carbocycles. The van der Waals surface area contributed by atoms with Gasteiger partial charge in [-0.05, 0) is 98.2 Å². The molecule has 2 heterocycles. The Balaban J connectivity index is 1.19. The standard InChI is InChI=1S/C35H38N4O3/c1-23(2)37-33-15-14-30(22-36-33)34(40)38-32-21-29(9-8-24(32)3)35(41)39-18-16-27(17-19-39)25-10-12-26(13-11-25)28-6-5-7-31(20-28)42-4/h5-15,20-23,27H,16-19H2,1-4H3,(H,36,37)(H,38,40). The molecule has 216 valence electrons. The maximum absolute atomic E-state index is 13.4. The van der Waals surface area contributed by atoms with Gasteiger partial charge < -0.3 is 20.3 Å². The molecule has 5 rings (SSSR count). The van der Waals surface area contributed by atoms with Gasteiger partial charge in [0.2, 0.25) is 0 Å². The fourth-order valence-electron chi connectivity index (χ4n) is 5.34. The summed E-state index contributed by atoms with van der Waals surface area (Å²) < 4.78 is 5.36. The lowest BCUT2D eigenvalue weighted by Crippen LogP contribution is -2.38. The highest BCUT2D eigenvalue weighted by molar-refractivity contribution is 6.05. The van der Waals surface area contributed by atoms with Gasteiger partial charge in [0.15, 0.2) is 0 Å². The molecule has 0 unspecified atom stereocenters. The summed E-state index contributed by atoms with van der Waals surface area (Å²) in [6, 6.07) is 26.1. The molecule has 42 heavy (non-hydrogen) atoms. The van der Waals surface area contributed by atoms with Crippen LogP contribution in [0.4, 0.5) is 11.5 Å². The van der Waals surface area contributed by atoms with Crippen molar-refractivity contribution in [3.05, 3.63) is 107 Å². The smallest absolute Gasteiger partial charge is 0.257 e. The van der Waals surface area contributed by atoms with Crippen molar-refractivity contribution in [1.82, 2.24) is 9.88 Å². The topological polar surface area (TPSA) is 83.6 Å². The largest absolute Gasteiger partial charge is 0.497 e. The van der Waals surface area contributed by atoms with Crippen molar-refractivity contribution < 1.29 is 14.3 Å². The van der Waals surface area contributed by atoms with Gasteiger partial charge in [0.25, 0.3) is 11.8 Å². The second-order valence-corrected chi connectivity index (χ2v) is 11.1. The third-order valence-corrected chi connectivity index (χ3v) is 7.76. The summed E-state index contributed by atoms with van der Waals surface area (Å²) in [5.41, 5.74) is 6.14. The van der Waals surface area contributed by atoms with Crippen molar-refractivity contribution in [3.8, 4) is 16.9 Å². The number of aromatic nitrogens is 1. The van der Waals surface area contributed by atoms with Crippen molar-refractivity contribution in [2.24, 2.45) is 0 Å². The van der Waals surface area contributed by atoms with Crippen molar-refractivity contribution in [2.75, 3.05) is 30.8 Å². The fraction of sp³-hybridized carbons (Fsp3) is 0.286. The first-order valence-corrected chi connectivity index (χ1v) is 14.5. The lowest BCUT2D eigenvalue weighted by Gasteiger charge is -2.32. The van der Waals surface area contributed by atoms with Crippen LogP contribution < -0.4 is 15.4 Å². The zero-order valence-electron chi connectivity index (χ0n) is 24.7. The van der Waals surface area contributed by atoms with Crippen LogP contribution in [-0.2, 0) is 0 Å². The molecule has 0 spiro atoms. The van der Waals surface area contributed by atoms with Crippen LogP contribution in [0, 0.1) is 6.92 Å². The zero-order valence-corrected chi connectivity index (χ0v) is 24.7. The van der Waals surface area contributed by atoms with E-state index in [4.69, 9.17) is 4.74 Å². The van der Waals surface area contributed by atoms with Gasteiger partial charge >= 0.3 is 0 Å². The first kappa shape index (κ1) is 28.9. The van der Waals surface area contributed by atoms with Gasteiger partial charge in [0.05, 0.1) is 12.7 Å². The summed E-state index contributed by atoms with van der Waals surface area (Å²) >= 11 is 0. The van der Waals surface area contributed by atoms with Crippen molar-refractivity contribution in [2.45, 2.75) is 45.6 Å². The van der Waals surface area contributed by atoms with Crippen molar-refractivity contribution in [3.63, 3.8) is 0 Å². The second-order valence-electron chi connectivity index (χ2n) is 11.1. The number of benzene rings is 3. The number of likely N-dealkylation sites (tertiary alicyclic amines) is 1. The first-order valence-electron chi connectivity index (χ1n) is 14.5. The van der Waals surface area contributed by atoms with E-state index in [1.165, 1.54) is 5.56 Å². The number of nitrogens with zero attached hydrogens (tertiary/aromatic N) is 2. The number of amides is 2. The van der Waals surface area contributed by atoms with Gasteiger partial charge in [0, 0.05) is 36.6 Å². The Labute approximate surface area is 247 Å². The summed E-state index contributed by atoms with van der Waals surface area (Å²) in [6.45, 7) is 7.37. The number of carbonyl (C=O) groups is 2. The van der Waals surface area contributed by atoms with Gasteiger partial charge in [-0.25, -0.2) is 4.98 Å². The van der Waals surface area contributed by atoms with Crippen molar-refractivity contribution in [1.29, 1.82) is 0 Å². The summed E-state index contributed by atoms with van der Waals surface area (Å²) in [7, 11) is 1.68. The number of pyridine rings is 1. The van der Waals surface area contributed by atoms with E-state index in [0.29, 0.717) is 35.8 Å². The molecule has 0 atom stereocenters. The van der Waals surface area contributed by atoms with Crippen LogP contribution in [0.3, 0.4) is 0 Å². The van der Waals surface area contributed by atoms with E-state index >= 15 is 0 Å². The predicted molar refractivity (Wildman–Crippen MR) is 168 cm³/mol. The van der Waals surface area contributed by atoms with Gasteiger partial charge in [0.1, 0.15) is 11.6 Å². The summed E-state index contributed by atoms with van der Waals surface area (Å²) in [4.78, 5) is 32.6. The van der Waals surface area contributed by atoms with Crippen LogP contribution in [0.15, 0.2) is 85.1 Å². The number of hydrogen-bond acceptors (Lipinski definition) is 5. The number of rotatable bonds is 8. The molecule has 7 nitrogen and oxygen atoms in total. The molecule has 0 radical (unpaired) electrons. The summed E-state index contributed by atoms with van der Waals surface area (Å²) in [5, 5.41) is 6.17. The number of nitrogens with one attached hydrogen (secondary N) is 2. The number of piperidine rings is 1. The molecule has 2 N–H and O–H groups in total. The number of ether oxygens (including phenoxy) is 1. The maximum Gasteiger partial charge on any atom is 0.257 e. The number of methoxy groups -OCH3 is 1. The fourth-order valence-corrected chi connectivity index (χ4v) is 5.34. The summed E-state index contributed by atoms with van der Waals surface area (Å²) in [5.74, 6) is 1.71. The maximum atomic E-state index is 13.4. The first-order chi connectivity index (χ1) is 20.3. The second kappa shape index (κ2) is 12.9. The minimum atomic E-state index is -0.260. The highest BCUT2D eigenvalue weighted by Crippen LogP contribution is 2.31. The van der Waals surface area contributed by atoms with Gasteiger partial charge in [-0.15, -0.1) is 0 Å². The molecular formula is C35H38N4O3. The molecule has 1 saturated heterocycles. The Bertz CT molecular complexity index is 1540. The Morgan fingerprint density at radius 3 is 2.31 bits per heavy atom. The van der Waals surface area contributed by atoms with Crippen LogP contribution in [0.5, 0.6) is 5.75 Å². The van der Waals surface area contributed by atoms with Gasteiger partial charge in [-0.3, -0.25) is 9.59 Å². The molecule has 1 aliphatic rings. The van der Waals surface area contributed by atoms with E-state index in [1.807, 2.05) is 56.0 Å². The number of anilines is 2. The summed E-state index contributed by atoms with van der Waals surface area (Å²) in [6.07, 6.45) is 3.38. The van der Waals surface area contributed by atoms with Crippen LogP contribution in [0.1, 0.15) is 64.4 Å². The predicted octanol–water partition coefficient (Wildman–Crippen LogP) is 7.16. The molecule has 1 fully saturated rings. The third-order valence-electron chi connectivity index (χ3n) is 7.76. The SMILES string of the molecule is COc1cccc(-c2ccc(C3CCN(C(=O)c4ccc(C)c(NC(=O)c5ccc(NC(C)C)nc5)c4)CC3)cc2)c1. The Morgan fingerprint density at radius 1 is 0.905 bits per heavy atom. The molecule has 1 aromatic heterocycles. The number of hydrogen-bond donors (Lipinski definition) is 2. The van der Waals surface area contributed by atoms with E-state index in [-0.39, 0.29) is 17.9 Å². The highest BCUT2D eigenvalue weighted by Gasteiger charge is 2.25. The molecule has 7 heteroatoms.